The first-order valence-electron chi connectivity index (χ1n) is 8.16. The van der Waals surface area contributed by atoms with Crippen molar-refractivity contribution in [3.8, 4) is 0 Å². The molecule has 0 saturated heterocycles. The summed E-state index contributed by atoms with van der Waals surface area (Å²) >= 11 is 0. The van der Waals surface area contributed by atoms with Gasteiger partial charge in [0.1, 0.15) is 5.82 Å². The van der Waals surface area contributed by atoms with E-state index in [0.29, 0.717) is 18.5 Å². The maximum atomic E-state index is 12.8. The van der Waals surface area contributed by atoms with Gasteiger partial charge in [0.15, 0.2) is 6.10 Å². The van der Waals surface area contributed by atoms with Crippen LogP contribution in [0.2, 0.25) is 0 Å². The molecule has 0 unspecified atom stereocenters. The Bertz CT molecular complexity index is 736. The number of amides is 1. The maximum Gasteiger partial charge on any atom is 0.338 e. The monoisotopic (exact) mass is 343 g/mol. The smallest absolute Gasteiger partial charge is 0.338 e. The number of esters is 1. The number of rotatable bonds is 6. The van der Waals surface area contributed by atoms with Crippen LogP contribution in [0.4, 0.5) is 4.39 Å². The molecule has 0 radical (unpaired) electrons. The predicted molar refractivity (Wildman–Crippen MR) is 93.9 cm³/mol. The van der Waals surface area contributed by atoms with Gasteiger partial charge in [-0.2, -0.15) is 0 Å². The number of halogens is 1. The van der Waals surface area contributed by atoms with Crippen molar-refractivity contribution in [1.29, 1.82) is 0 Å². The van der Waals surface area contributed by atoms with Crippen LogP contribution in [0.1, 0.15) is 34.0 Å². The lowest BCUT2D eigenvalue weighted by Gasteiger charge is -2.14. The van der Waals surface area contributed by atoms with E-state index < -0.39 is 12.1 Å². The molecule has 0 bridgehead atoms. The minimum absolute atomic E-state index is 0.292. The molecule has 0 aromatic heterocycles. The first kappa shape index (κ1) is 18.6. The molecule has 4 nitrogen and oxygen atoms in total. The molecule has 0 saturated carbocycles. The minimum Gasteiger partial charge on any atom is -0.449 e. The van der Waals surface area contributed by atoms with E-state index in [1.807, 2.05) is 19.9 Å². The summed E-state index contributed by atoms with van der Waals surface area (Å²) < 4.78 is 18.1. The number of benzene rings is 2. The molecule has 0 aliphatic rings. The van der Waals surface area contributed by atoms with Crippen LogP contribution in [0.3, 0.4) is 0 Å². The molecule has 2 aromatic carbocycles. The molecule has 0 aliphatic carbocycles. The van der Waals surface area contributed by atoms with E-state index in [9.17, 15) is 14.0 Å². The van der Waals surface area contributed by atoms with Crippen LogP contribution >= 0.6 is 0 Å². The van der Waals surface area contributed by atoms with Gasteiger partial charge in [-0.25, -0.2) is 9.18 Å². The molecule has 1 atom stereocenters. The Labute approximate surface area is 147 Å². The second kappa shape index (κ2) is 8.42. The van der Waals surface area contributed by atoms with E-state index in [4.69, 9.17) is 4.74 Å². The average molecular weight is 343 g/mol. The molecule has 0 heterocycles. The van der Waals surface area contributed by atoms with Gasteiger partial charge < -0.3 is 10.1 Å². The van der Waals surface area contributed by atoms with Gasteiger partial charge in [0.25, 0.3) is 5.91 Å². The Morgan fingerprint density at radius 1 is 1.08 bits per heavy atom. The van der Waals surface area contributed by atoms with Crippen molar-refractivity contribution < 1.29 is 18.7 Å². The van der Waals surface area contributed by atoms with E-state index >= 15 is 0 Å². The van der Waals surface area contributed by atoms with E-state index in [1.165, 1.54) is 19.1 Å². The molecule has 25 heavy (non-hydrogen) atoms. The zero-order chi connectivity index (χ0) is 18.4. The number of hydrogen-bond acceptors (Lipinski definition) is 3. The van der Waals surface area contributed by atoms with Gasteiger partial charge in [0, 0.05) is 6.54 Å². The van der Waals surface area contributed by atoms with Crippen LogP contribution in [-0.4, -0.2) is 24.5 Å². The average Bonchev–Trinajstić information content (AvgIpc) is 2.55. The fraction of sp³-hybridized carbons (Fsp3) is 0.300. The summed E-state index contributed by atoms with van der Waals surface area (Å²) in [4.78, 5) is 24.2. The van der Waals surface area contributed by atoms with Gasteiger partial charge in [-0.1, -0.05) is 29.3 Å². The Balaban J connectivity index is 1.83. The lowest BCUT2D eigenvalue weighted by Crippen LogP contribution is -2.36. The highest BCUT2D eigenvalue weighted by atomic mass is 19.1. The zero-order valence-corrected chi connectivity index (χ0v) is 14.6. The summed E-state index contributed by atoms with van der Waals surface area (Å²) in [6.45, 7) is 5.72. The normalized spacial score (nSPS) is 11.7. The van der Waals surface area contributed by atoms with Crippen LogP contribution in [0.5, 0.6) is 0 Å². The second-order valence-electron chi connectivity index (χ2n) is 6.09. The molecule has 132 valence electrons. The number of hydrogen-bond donors (Lipinski definition) is 1. The van der Waals surface area contributed by atoms with Crippen molar-refractivity contribution in [2.24, 2.45) is 0 Å². The lowest BCUT2D eigenvalue weighted by molar-refractivity contribution is -0.129. The van der Waals surface area contributed by atoms with Gasteiger partial charge in [-0.05, 0) is 57.0 Å². The molecule has 0 fully saturated rings. The van der Waals surface area contributed by atoms with Crippen molar-refractivity contribution in [2.45, 2.75) is 33.3 Å². The molecule has 0 aliphatic heterocycles. The summed E-state index contributed by atoms with van der Waals surface area (Å²) in [5.74, 6) is -1.17. The molecule has 2 rings (SSSR count). The van der Waals surface area contributed by atoms with E-state index in [0.717, 1.165) is 16.7 Å². The Morgan fingerprint density at radius 2 is 1.68 bits per heavy atom. The van der Waals surface area contributed by atoms with Gasteiger partial charge in [0.05, 0.1) is 5.56 Å². The van der Waals surface area contributed by atoms with Gasteiger partial charge in [-0.15, -0.1) is 0 Å². The first-order chi connectivity index (χ1) is 11.8. The number of ether oxygens (including phenoxy) is 1. The molecule has 1 N–H and O–H groups in total. The number of carbonyl (C=O) groups excluding carboxylic acids is 2. The van der Waals surface area contributed by atoms with Crippen molar-refractivity contribution in [2.75, 3.05) is 6.54 Å². The zero-order valence-electron chi connectivity index (χ0n) is 14.6. The summed E-state index contributed by atoms with van der Waals surface area (Å²) in [5, 5.41) is 2.72. The summed E-state index contributed by atoms with van der Waals surface area (Å²) in [6, 6.07) is 11.5. The summed E-state index contributed by atoms with van der Waals surface area (Å²) in [5.41, 5.74) is 3.27. The fourth-order valence-electron chi connectivity index (χ4n) is 2.50. The minimum atomic E-state index is -0.887. The maximum absolute atomic E-state index is 12.8. The molecule has 0 spiro atoms. The number of aryl methyl sites for hydroxylation is 2. The predicted octanol–water partition coefficient (Wildman–Crippen LogP) is 3.35. The van der Waals surface area contributed by atoms with Crippen molar-refractivity contribution >= 4 is 11.9 Å². The molecular formula is C20H22FNO3. The Kier molecular flexibility index (Phi) is 6.28. The number of nitrogens with one attached hydrogen (secondary N) is 1. The highest BCUT2D eigenvalue weighted by Crippen LogP contribution is 2.11. The first-order valence-corrected chi connectivity index (χ1v) is 8.16. The summed E-state index contributed by atoms with van der Waals surface area (Å²) in [7, 11) is 0. The highest BCUT2D eigenvalue weighted by Gasteiger charge is 2.18. The van der Waals surface area contributed by atoms with Crippen molar-refractivity contribution in [1.82, 2.24) is 5.32 Å². The third kappa shape index (κ3) is 5.71. The van der Waals surface area contributed by atoms with Crippen molar-refractivity contribution in [3.05, 3.63) is 70.5 Å². The van der Waals surface area contributed by atoms with Crippen LogP contribution in [0.15, 0.2) is 42.5 Å². The van der Waals surface area contributed by atoms with E-state index in [1.54, 1.807) is 24.3 Å². The van der Waals surface area contributed by atoms with Gasteiger partial charge >= 0.3 is 5.97 Å². The van der Waals surface area contributed by atoms with E-state index in [-0.39, 0.29) is 11.7 Å². The largest absolute Gasteiger partial charge is 0.449 e. The van der Waals surface area contributed by atoms with Crippen LogP contribution < -0.4 is 5.32 Å². The Morgan fingerprint density at radius 3 is 2.28 bits per heavy atom. The third-order valence-electron chi connectivity index (χ3n) is 3.74. The molecule has 2 aromatic rings. The quantitative estimate of drug-likeness (QED) is 0.819. The van der Waals surface area contributed by atoms with E-state index in [2.05, 4.69) is 5.32 Å². The van der Waals surface area contributed by atoms with Crippen LogP contribution in [-0.2, 0) is 16.0 Å². The Hall–Kier alpha value is -2.69. The lowest BCUT2D eigenvalue weighted by atomic mass is 10.1. The van der Waals surface area contributed by atoms with Crippen LogP contribution in [0.25, 0.3) is 0 Å². The van der Waals surface area contributed by atoms with Crippen molar-refractivity contribution in [3.63, 3.8) is 0 Å². The van der Waals surface area contributed by atoms with Crippen LogP contribution in [0, 0.1) is 19.7 Å². The van der Waals surface area contributed by atoms with Gasteiger partial charge in [-0.3, -0.25) is 4.79 Å². The second-order valence-corrected chi connectivity index (χ2v) is 6.09. The SMILES string of the molecule is Cc1cc(C)cc(C(=O)O[C@@H](C)C(=O)NCCc2ccc(F)cc2)c1. The summed E-state index contributed by atoms with van der Waals surface area (Å²) in [6.07, 6.45) is -0.314. The molecular weight excluding hydrogens is 321 g/mol. The number of carbonyl (C=O) groups is 2. The standard InChI is InChI=1S/C20H22FNO3/c1-13-10-14(2)12-17(11-13)20(24)25-15(3)19(23)22-9-8-16-4-6-18(21)7-5-16/h4-7,10-12,15H,8-9H2,1-3H3,(H,22,23)/t15-/m0/s1. The molecule has 5 heteroatoms. The highest BCUT2D eigenvalue weighted by molar-refractivity contribution is 5.92. The topological polar surface area (TPSA) is 55.4 Å². The third-order valence-corrected chi connectivity index (χ3v) is 3.74. The molecule has 1 amide bonds. The van der Waals surface area contributed by atoms with Gasteiger partial charge in [0.2, 0.25) is 0 Å². The fourth-order valence-corrected chi connectivity index (χ4v) is 2.50.